The molecule has 126 valence electrons. The monoisotopic (exact) mass is 340 g/mol. The normalized spacial score (nSPS) is 12.0. The van der Waals surface area contributed by atoms with Gasteiger partial charge >= 0.3 is 5.97 Å². The van der Waals surface area contributed by atoms with Crippen molar-refractivity contribution in [1.29, 1.82) is 0 Å². The zero-order chi connectivity index (χ0) is 17.9. The Hall–Kier alpha value is -3.53. The lowest BCUT2D eigenvalue weighted by molar-refractivity contribution is -0.131. The molecule has 26 heavy (non-hydrogen) atoms. The Morgan fingerprint density at radius 1 is 0.808 bits per heavy atom. The number of carbonyl (C=O) groups is 1. The molecule has 4 nitrogen and oxygen atoms in total. The fraction of sp³-hybridized carbons (Fsp3) is 0.0455. The Morgan fingerprint density at radius 2 is 1.35 bits per heavy atom. The van der Waals surface area contributed by atoms with Gasteiger partial charge in [0.05, 0.1) is 6.21 Å². The number of esters is 1. The largest absolute Gasteiger partial charge is 0.427 e. The van der Waals surface area contributed by atoms with Crippen molar-refractivity contribution >= 4 is 17.9 Å². The zero-order valence-corrected chi connectivity index (χ0v) is 14.2. The Balaban J connectivity index is 1.63. The van der Waals surface area contributed by atoms with Gasteiger partial charge in [-0.25, -0.2) is 0 Å². The van der Waals surface area contributed by atoms with Gasteiger partial charge in [-0.15, -0.1) is 5.10 Å². The number of nitrogens with zero attached hydrogens (tertiary/aromatic N) is 2. The second-order valence-electron chi connectivity index (χ2n) is 5.95. The van der Waals surface area contributed by atoms with Gasteiger partial charge in [-0.1, -0.05) is 48.5 Å². The highest BCUT2D eigenvalue weighted by Gasteiger charge is 2.23. The number of fused-ring (bicyclic) bond motifs is 3. The standard InChI is InChI=1S/C22H16N2O2/c1-15(25)26-17-12-10-16(11-13-17)14-23-24-22-20-8-4-2-6-18(20)19-7-3-5-9-21(19)22/h2-14H,1H3. The molecule has 3 aromatic rings. The molecule has 0 radical (unpaired) electrons. The Labute approximate surface area is 151 Å². The van der Waals surface area contributed by atoms with Crippen molar-refractivity contribution in [3.63, 3.8) is 0 Å². The highest BCUT2D eigenvalue weighted by molar-refractivity contribution is 6.24. The lowest BCUT2D eigenvalue weighted by Crippen LogP contribution is -2.01. The fourth-order valence-electron chi connectivity index (χ4n) is 3.04. The molecule has 1 aliphatic carbocycles. The molecule has 0 aliphatic heterocycles. The van der Waals surface area contributed by atoms with E-state index in [1.54, 1.807) is 18.3 Å². The Bertz CT molecular complexity index is 987. The summed E-state index contributed by atoms with van der Waals surface area (Å²) in [5.41, 5.74) is 6.31. The van der Waals surface area contributed by atoms with Crippen molar-refractivity contribution in [2.24, 2.45) is 10.2 Å². The molecule has 0 saturated carbocycles. The minimum Gasteiger partial charge on any atom is -0.427 e. The van der Waals surface area contributed by atoms with E-state index < -0.39 is 0 Å². The van der Waals surface area contributed by atoms with E-state index in [-0.39, 0.29) is 5.97 Å². The van der Waals surface area contributed by atoms with Crippen LogP contribution in [0.1, 0.15) is 23.6 Å². The predicted octanol–water partition coefficient (Wildman–Crippen LogP) is 4.46. The van der Waals surface area contributed by atoms with Crippen LogP contribution in [0, 0.1) is 0 Å². The quantitative estimate of drug-likeness (QED) is 0.239. The fourth-order valence-corrected chi connectivity index (χ4v) is 3.04. The van der Waals surface area contributed by atoms with Gasteiger partial charge in [0.25, 0.3) is 0 Å². The van der Waals surface area contributed by atoms with Crippen LogP contribution in [0.3, 0.4) is 0 Å². The molecule has 0 N–H and O–H groups in total. The Morgan fingerprint density at radius 3 is 1.88 bits per heavy atom. The summed E-state index contributed by atoms with van der Waals surface area (Å²) in [6.45, 7) is 1.38. The molecule has 1 aliphatic rings. The number of hydrogen-bond donors (Lipinski definition) is 0. The summed E-state index contributed by atoms with van der Waals surface area (Å²) in [5.74, 6) is 0.177. The van der Waals surface area contributed by atoms with Crippen LogP contribution in [-0.4, -0.2) is 17.9 Å². The lowest BCUT2D eigenvalue weighted by atomic mass is 10.1. The number of rotatable bonds is 3. The van der Waals surface area contributed by atoms with Crippen LogP contribution in [0.4, 0.5) is 0 Å². The summed E-state index contributed by atoms with van der Waals surface area (Å²) in [6.07, 6.45) is 1.69. The first-order valence-corrected chi connectivity index (χ1v) is 8.31. The van der Waals surface area contributed by atoms with Crippen LogP contribution < -0.4 is 4.74 Å². The van der Waals surface area contributed by atoms with Gasteiger partial charge in [0.2, 0.25) is 0 Å². The van der Waals surface area contributed by atoms with E-state index in [2.05, 4.69) is 34.5 Å². The minimum absolute atomic E-state index is 0.337. The van der Waals surface area contributed by atoms with Gasteiger partial charge in [-0.05, 0) is 41.0 Å². The molecule has 0 bridgehead atoms. The van der Waals surface area contributed by atoms with Crippen LogP contribution >= 0.6 is 0 Å². The second-order valence-corrected chi connectivity index (χ2v) is 5.95. The summed E-state index contributed by atoms with van der Waals surface area (Å²) in [6, 6.07) is 23.6. The molecule has 0 heterocycles. The van der Waals surface area contributed by atoms with Crippen LogP contribution in [-0.2, 0) is 4.79 Å². The van der Waals surface area contributed by atoms with Crippen molar-refractivity contribution in [2.75, 3.05) is 0 Å². The summed E-state index contributed by atoms with van der Waals surface area (Å²) in [5, 5.41) is 8.74. The van der Waals surface area contributed by atoms with E-state index in [0.29, 0.717) is 5.75 Å². The molecule has 0 unspecified atom stereocenters. The summed E-state index contributed by atoms with van der Waals surface area (Å²) in [4.78, 5) is 11.0. The maximum absolute atomic E-state index is 11.0. The molecule has 4 heteroatoms. The van der Waals surface area contributed by atoms with Gasteiger partial charge in [-0.2, -0.15) is 5.10 Å². The van der Waals surface area contributed by atoms with Crippen LogP contribution in [0.15, 0.2) is 83.0 Å². The van der Waals surface area contributed by atoms with E-state index in [1.807, 2.05) is 36.4 Å². The van der Waals surface area contributed by atoms with Crippen LogP contribution in [0.2, 0.25) is 0 Å². The smallest absolute Gasteiger partial charge is 0.308 e. The predicted molar refractivity (Wildman–Crippen MR) is 103 cm³/mol. The van der Waals surface area contributed by atoms with Crippen molar-refractivity contribution in [1.82, 2.24) is 0 Å². The molecule has 0 aromatic heterocycles. The van der Waals surface area contributed by atoms with Crippen molar-refractivity contribution in [3.8, 4) is 16.9 Å². The van der Waals surface area contributed by atoms with E-state index in [9.17, 15) is 4.79 Å². The van der Waals surface area contributed by atoms with Gasteiger partial charge in [0.15, 0.2) is 0 Å². The second kappa shape index (κ2) is 6.76. The molecule has 0 fully saturated rings. The Kier molecular flexibility index (Phi) is 4.15. The van der Waals surface area contributed by atoms with Crippen molar-refractivity contribution in [3.05, 3.63) is 89.5 Å². The molecule has 3 aromatic carbocycles. The van der Waals surface area contributed by atoms with E-state index in [0.717, 1.165) is 22.4 Å². The SMILES string of the molecule is CC(=O)Oc1ccc(C=NN=C2c3ccccc3-c3ccccc32)cc1. The van der Waals surface area contributed by atoms with E-state index >= 15 is 0 Å². The first-order valence-electron chi connectivity index (χ1n) is 8.31. The molecule has 4 rings (SSSR count). The first-order chi connectivity index (χ1) is 12.7. The van der Waals surface area contributed by atoms with E-state index in [1.165, 1.54) is 18.1 Å². The van der Waals surface area contributed by atoms with Gasteiger partial charge in [0.1, 0.15) is 11.5 Å². The highest BCUT2D eigenvalue weighted by atomic mass is 16.5. The average molecular weight is 340 g/mol. The van der Waals surface area contributed by atoms with Gasteiger partial charge in [-0.3, -0.25) is 4.79 Å². The molecular weight excluding hydrogens is 324 g/mol. The van der Waals surface area contributed by atoms with Gasteiger partial charge < -0.3 is 4.74 Å². The van der Waals surface area contributed by atoms with E-state index in [4.69, 9.17) is 4.74 Å². The lowest BCUT2D eigenvalue weighted by Gasteiger charge is -2.00. The molecule has 0 amide bonds. The number of benzene rings is 3. The third-order valence-electron chi connectivity index (χ3n) is 4.16. The summed E-state index contributed by atoms with van der Waals surface area (Å²) in [7, 11) is 0. The van der Waals surface area contributed by atoms with Crippen molar-refractivity contribution < 1.29 is 9.53 Å². The first kappa shape index (κ1) is 16.0. The zero-order valence-electron chi connectivity index (χ0n) is 14.2. The van der Waals surface area contributed by atoms with Crippen LogP contribution in [0.5, 0.6) is 5.75 Å². The van der Waals surface area contributed by atoms with Crippen LogP contribution in [0.25, 0.3) is 11.1 Å². The molecular formula is C22H16N2O2. The maximum Gasteiger partial charge on any atom is 0.308 e. The van der Waals surface area contributed by atoms with Gasteiger partial charge in [0, 0.05) is 18.1 Å². The maximum atomic E-state index is 11.0. The summed E-state index contributed by atoms with van der Waals surface area (Å²) >= 11 is 0. The van der Waals surface area contributed by atoms with Crippen molar-refractivity contribution in [2.45, 2.75) is 6.92 Å². The molecule has 0 spiro atoms. The number of ether oxygens (including phenoxy) is 1. The summed E-state index contributed by atoms with van der Waals surface area (Å²) < 4.78 is 5.02. The minimum atomic E-state index is -0.337. The third-order valence-corrected chi connectivity index (χ3v) is 4.16. The molecule has 0 atom stereocenters. The number of carbonyl (C=O) groups excluding carboxylic acids is 1. The highest BCUT2D eigenvalue weighted by Crippen LogP contribution is 2.36. The average Bonchev–Trinajstić information content (AvgIpc) is 2.97. The number of hydrogen-bond acceptors (Lipinski definition) is 4. The topological polar surface area (TPSA) is 51.0 Å². The molecule has 0 saturated heterocycles. The third kappa shape index (κ3) is 3.05.